The van der Waals surface area contributed by atoms with Gasteiger partial charge in [0.1, 0.15) is 11.6 Å². The molecule has 0 bridgehead atoms. The minimum absolute atomic E-state index is 0.0426. The monoisotopic (exact) mass is 377 g/mol. The predicted octanol–water partition coefficient (Wildman–Crippen LogP) is 2.98. The van der Waals surface area contributed by atoms with E-state index in [2.05, 4.69) is 32.2 Å². The molecule has 1 saturated heterocycles. The highest BCUT2D eigenvalue weighted by molar-refractivity contribution is 5.94. The van der Waals surface area contributed by atoms with Crippen LogP contribution in [0.2, 0.25) is 0 Å². The lowest BCUT2D eigenvalue weighted by atomic mass is 9.96. The van der Waals surface area contributed by atoms with E-state index in [0.717, 1.165) is 48.0 Å². The van der Waals surface area contributed by atoms with Crippen LogP contribution in [0.25, 0.3) is 22.0 Å². The highest BCUT2D eigenvalue weighted by Gasteiger charge is 2.23. The molecule has 0 atom stereocenters. The third-order valence-corrected chi connectivity index (χ3v) is 5.19. The largest absolute Gasteiger partial charge is 0.495 e. The number of carbonyl (C=O) groups excluding carboxylic acids is 1. The van der Waals surface area contributed by atoms with Gasteiger partial charge < -0.3 is 15.0 Å². The minimum Gasteiger partial charge on any atom is -0.495 e. The fourth-order valence-electron chi connectivity index (χ4n) is 3.44. The summed E-state index contributed by atoms with van der Waals surface area (Å²) in [6.45, 7) is 1.90. The van der Waals surface area contributed by atoms with Crippen LogP contribution in [0.3, 0.4) is 0 Å². The first-order valence-electron chi connectivity index (χ1n) is 9.37. The van der Waals surface area contributed by atoms with Gasteiger partial charge in [-0.25, -0.2) is 4.98 Å². The van der Waals surface area contributed by atoms with Crippen molar-refractivity contribution in [3.63, 3.8) is 0 Å². The number of carbonyl (C=O) groups is 1. The van der Waals surface area contributed by atoms with Gasteiger partial charge in [-0.1, -0.05) is 0 Å². The summed E-state index contributed by atoms with van der Waals surface area (Å²) >= 11 is 0. The van der Waals surface area contributed by atoms with Crippen LogP contribution < -0.4 is 10.1 Å². The van der Waals surface area contributed by atoms with Crippen LogP contribution in [0, 0.1) is 5.92 Å². The summed E-state index contributed by atoms with van der Waals surface area (Å²) in [6.07, 6.45) is 8.67. The first-order chi connectivity index (χ1) is 13.6. The van der Waals surface area contributed by atoms with Crippen molar-refractivity contribution in [2.45, 2.75) is 12.8 Å². The summed E-state index contributed by atoms with van der Waals surface area (Å²) in [4.78, 5) is 27.8. The first kappa shape index (κ1) is 18.3. The van der Waals surface area contributed by atoms with Gasteiger partial charge in [-0.3, -0.25) is 14.8 Å². The zero-order valence-corrected chi connectivity index (χ0v) is 16.1. The Morgan fingerprint density at radius 3 is 2.64 bits per heavy atom. The zero-order valence-electron chi connectivity index (χ0n) is 16.1. The second-order valence-electron chi connectivity index (χ2n) is 7.17. The lowest BCUT2D eigenvalue weighted by molar-refractivity contribution is -0.121. The van der Waals surface area contributed by atoms with Crippen LogP contribution in [-0.4, -0.2) is 53.0 Å². The summed E-state index contributed by atoms with van der Waals surface area (Å²) in [5, 5.41) is 3.88. The Bertz CT molecular complexity index is 999. The number of amides is 1. The van der Waals surface area contributed by atoms with Gasteiger partial charge in [0.25, 0.3) is 0 Å². The van der Waals surface area contributed by atoms with Crippen molar-refractivity contribution in [3.8, 4) is 16.9 Å². The molecule has 4 heterocycles. The molecule has 1 fully saturated rings. The van der Waals surface area contributed by atoms with E-state index in [1.807, 2.05) is 18.2 Å². The topological polar surface area (TPSA) is 80.2 Å². The predicted molar refractivity (Wildman–Crippen MR) is 108 cm³/mol. The average molecular weight is 377 g/mol. The SMILES string of the molecule is COc1cncc(-c2cnc3cnc(NC(=O)C4CCN(C)CC4)cc3c2)c1. The normalized spacial score (nSPS) is 15.5. The number of anilines is 1. The standard InChI is InChI=1S/C21H23N5O2/c1-26-5-3-14(4-6-26)21(27)25-20-9-15-7-16(11-23-19(15)13-24-20)17-8-18(28-2)12-22-10-17/h7-14H,3-6H2,1-2H3,(H,24,25,27). The highest BCUT2D eigenvalue weighted by atomic mass is 16.5. The van der Waals surface area contributed by atoms with Gasteiger partial charge in [0.15, 0.2) is 0 Å². The number of nitrogens with one attached hydrogen (secondary N) is 1. The molecule has 144 valence electrons. The van der Waals surface area contributed by atoms with Gasteiger partial charge in [0.2, 0.25) is 5.91 Å². The van der Waals surface area contributed by atoms with Crippen LogP contribution in [0.15, 0.2) is 43.0 Å². The number of likely N-dealkylation sites (tertiary alicyclic amines) is 1. The van der Waals surface area contributed by atoms with Gasteiger partial charge >= 0.3 is 0 Å². The number of fused-ring (bicyclic) bond motifs is 1. The summed E-state index contributed by atoms with van der Waals surface area (Å²) < 4.78 is 5.25. The maximum Gasteiger partial charge on any atom is 0.228 e. The van der Waals surface area contributed by atoms with E-state index in [0.29, 0.717) is 11.6 Å². The second-order valence-corrected chi connectivity index (χ2v) is 7.17. The third kappa shape index (κ3) is 3.94. The number of hydrogen-bond acceptors (Lipinski definition) is 6. The van der Waals surface area contributed by atoms with Crippen molar-refractivity contribution in [2.75, 3.05) is 32.6 Å². The van der Waals surface area contributed by atoms with Gasteiger partial charge in [0, 0.05) is 34.8 Å². The lowest BCUT2D eigenvalue weighted by Crippen LogP contribution is -2.36. The van der Waals surface area contributed by atoms with Crippen molar-refractivity contribution in [1.82, 2.24) is 19.9 Å². The molecule has 0 radical (unpaired) electrons. The Morgan fingerprint density at radius 2 is 1.86 bits per heavy atom. The van der Waals surface area contributed by atoms with Crippen molar-refractivity contribution in [3.05, 3.63) is 43.0 Å². The molecular formula is C21H23N5O2. The molecule has 7 heteroatoms. The van der Waals surface area contributed by atoms with E-state index in [4.69, 9.17) is 4.74 Å². The number of pyridine rings is 3. The van der Waals surface area contributed by atoms with E-state index in [1.165, 1.54) is 0 Å². The molecule has 28 heavy (non-hydrogen) atoms. The molecule has 1 aliphatic heterocycles. The number of nitrogens with zero attached hydrogens (tertiary/aromatic N) is 4. The molecule has 0 aromatic carbocycles. The van der Waals surface area contributed by atoms with Crippen LogP contribution in [0.4, 0.5) is 5.82 Å². The van der Waals surface area contributed by atoms with Gasteiger partial charge in [-0.05, 0) is 51.2 Å². The number of piperidine rings is 1. The average Bonchev–Trinajstić information content (AvgIpc) is 2.73. The third-order valence-electron chi connectivity index (χ3n) is 5.19. The molecule has 3 aromatic rings. The number of methoxy groups -OCH3 is 1. The van der Waals surface area contributed by atoms with Crippen molar-refractivity contribution in [1.29, 1.82) is 0 Å². The summed E-state index contributed by atoms with van der Waals surface area (Å²) in [6, 6.07) is 5.80. The second kappa shape index (κ2) is 7.90. The number of hydrogen-bond donors (Lipinski definition) is 1. The Morgan fingerprint density at radius 1 is 1.07 bits per heavy atom. The molecule has 0 saturated carbocycles. The fourth-order valence-corrected chi connectivity index (χ4v) is 3.44. The Balaban J connectivity index is 1.56. The summed E-state index contributed by atoms with van der Waals surface area (Å²) in [5.41, 5.74) is 2.62. The lowest BCUT2D eigenvalue weighted by Gasteiger charge is -2.27. The van der Waals surface area contributed by atoms with E-state index in [1.54, 1.807) is 31.9 Å². The maximum atomic E-state index is 12.6. The number of aromatic nitrogens is 3. The minimum atomic E-state index is 0.0426. The Hall–Kier alpha value is -3.06. The molecule has 3 aromatic heterocycles. The molecule has 0 unspecified atom stereocenters. The van der Waals surface area contributed by atoms with Crippen LogP contribution in [-0.2, 0) is 4.79 Å². The van der Waals surface area contributed by atoms with Crippen LogP contribution in [0.1, 0.15) is 12.8 Å². The quantitative estimate of drug-likeness (QED) is 0.753. The molecule has 1 aliphatic rings. The van der Waals surface area contributed by atoms with Gasteiger partial charge in [-0.2, -0.15) is 0 Å². The van der Waals surface area contributed by atoms with E-state index < -0.39 is 0 Å². The number of ether oxygens (including phenoxy) is 1. The van der Waals surface area contributed by atoms with E-state index >= 15 is 0 Å². The molecule has 1 amide bonds. The molecule has 0 aliphatic carbocycles. The molecular weight excluding hydrogens is 354 g/mol. The molecule has 7 nitrogen and oxygen atoms in total. The molecule has 4 rings (SSSR count). The van der Waals surface area contributed by atoms with Crippen molar-refractivity contribution >= 4 is 22.6 Å². The van der Waals surface area contributed by atoms with E-state index in [-0.39, 0.29) is 11.8 Å². The van der Waals surface area contributed by atoms with E-state index in [9.17, 15) is 4.79 Å². The van der Waals surface area contributed by atoms with Crippen molar-refractivity contribution < 1.29 is 9.53 Å². The molecule has 0 spiro atoms. The van der Waals surface area contributed by atoms with Crippen LogP contribution >= 0.6 is 0 Å². The summed E-state index contributed by atoms with van der Waals surface area (Å²) in [5.74, 6) is 1.33. The Kier molecular flexibility index (Phi) is 5.16. The first-order valence-corrected chi connectivity index (χ1v) is 9.37. The smallest absolute Gasteiger partial charge is 0.228 e. The zero-order chi connectivity index (χ0) is 19.5. The Labute approximate surface area is 163 Å². The fraction of sp³-hybridized carbons (Fsp3) is 0.333. The number of rotatable bonds is 4. The summed E-state index contributed by atoms with van der Waals surface area (Å²) in [7, 11) is 3.70. The van der Waals surface area contributed by atoms with Crippen LogP contribution in [0.5, 0.6) is 5.75 Å². The highest BCUT2D eigenvalue weighted by Crippen LogP contribution is 2.26. The van der Waals surface area contributed by atoms with Gasteiger partial charge in [-0.15, -0.1) is 0 Å². The van der Waals surface area contributed by atoms with Crippen molar-refractivity contribution in [2.24, 2.45) is 5.92 Å². The van der Waals surface area contributed by atoms with Gasteiger partial charge in [0.05, 0.1) is 25.0 Å². The molecule has 1 N–H and O–H groups in total. The maximum absolute atomic E-state index is 12.6.